The Hall–Kier alpha value is -1.79. The van der Waals surface area contributed by atoms with Crippen LogP contribution in [0.1, 0.15) is 5.56 Å². The number of benzene rings is 2. The van der Waals surface area contributed by atoms with Crippen LogP contribution in [0.25, 0.3) is 0 Å². The number of anilines is 1. The van der Waals surface area contributed by atoms with Crippen molar-refractivity contribution < 1.29 is 9.18 Å². The van der Waals surface area contributed by atoms with E-state index in [4.69, 9.17) is 0 Å². The van der Waals surface area contributed by atoms with E-state index in [1.54, 1.807) is 23.9 Å². The highest BCUT2D eigenvalue weighted by Crippen LogP contribution is 2.34. The van der Waals surface area contributed by atoms with Crippen LogP contribution in [0.2, 0.25) is 0 Å². The first-order chi connectivity index (χ1) is 10.7. The second-order valence-corrected chi connectivity index (χ2v) is 6.83. The molecule has 1 N–H and O–H groups in total. The number of para-hydroxylation sites is 1. The van der Waals surface area contributed by atoms with Gasteiger partial charge in [0.25, 0.3) is 0 Å². The van der Waals surface area contributed by atoms with E-state index < -0.39 is 0 Å². The van der Waals surface area contributed by atoms with Crippen molar-refractivity contribution in [2.75, 3.05) is 11.1 Å². The van der Waals surface area contributed by atoms with Gasteiger partial charge in [0.05, 0.1) is 11.4 Å². The van der Waals surface area contributed by atoms with Crippen molar-refractivity contribution in [1.29, 1.82) is 0 Å². The lowest BCUT2D eigenvalue weighted by Crippen LogP contribution is -2.15. The number of amides is 1. The zero-order chi connectivity index (χ0) is 15.4. The standard InChI is InChI=1S/C16H13FN2OS2/c17-12-5-7-13(8-6-12)18-15(20)10-22-16-19-14-4-2-1-3-11(14)9-21-16/h1-8H,9-10H2,(H,18,20). The van der Waals surface area contributed by atoms with Crippen LogP contribution in [0.15, 0.2) is 53.5 Å². The number of thioether (sulfide) groups is 2. The number of nitrogens with zero attached hydrogens (tertiary/aromatic N) is 1. The molecule has 1 aliphatic rings. The van der Waals surface area contributed by atoms with Crippen LogP contribution >= 0.6 is 23.5 Å². The van der Waals surface area contributed by atoms with E-state index in [1.165, 1.54) is 29.5 Å². The minimum Gasteiger partial charge on any atom is -0.325 e. The SMILES string of the molecule is O=C(CSC1=Nc2ccccc2CS1)Nc1ccc(F)cc1. The second kappa shape index (κ2) is 6.98. The summed E-state index contributed by atoms with van der Waals surface area (Å²) in [4.78, 5) is 16.4. The van der Waals surface area contributed by atoms with Gasteiger partial charge in [-0.3, -0.25) is 4.79 Å². The predicted molar refractivity (Wildman–Crippen MR) is 92.3 cm³/mol. The van der Waals surface area contributed by atoms with Crippen LogP contribution < -0.4 is 5.32 Å². The number of halogens is 1. The Morgan fingerprint density at radius 2 is 2.00 bits per heavy atom. The molecule has 112 valence electrons. The third kappa shape index (κ3) is 3.90. The monoisotopic (exact) mass is 332 g/mol. The summed E-state index contributed by atoms with van der Waals surface area (Å²) >= 11 is 3.06. The molecule has 2 aromatic rings. The molecule has 0 fully saturated rings. The minimum atomic E-state index is -0.320. The summed E-state index contributed by atoms with van der Waals surface area (Å²) in [5.41, 5.74) is 2.78. The molecule has 0 spiro atoms. The summed E-state index contributed by atoms with van der Waals surface area (Å²) in [5, 5.41) is 2.74. The molecule has 1 aliphatic heterocycles. The summed E-state index contributed by atoms with van der Waals surface area (Å²) in [6, 6.07) is 13.7. The Bertz CT molecular complexity index is 716. The molecule has 0 saturated heterocycles. The zero-order valence-electron chi connectivity index (χ0n) is 11.6. The van der Waals surface area contributed by atoms with Gasteiger partial charge in [-0.15, -0.1) is 0 Å². The Morgan fingerprint density at radius 1 is 1.23 bits per heavy atom. The van der Waals surface area contributed by atoms with Gasteiger partial charge in [-0.2, -0.15) is 0 Å². The van der Waals surface area contributed by atoms with Crippen molar-refractivity contribution in [2.45, 2.75) is 5.75 Å². The van der Waals surface area contributed by atoms with Gasteiger partial charge in [-0.25, -0.2) is 9.38 Å². The molecule has 0 aromatic heterocycles. The highest BCUT2D eigenvalue weighted by molar-refractivity contribution is 8.38. The number of fused-ring (bicyclic) bond motifs is 1. The summed E-state index contributed by atoms with van der Waals surface area (Å²) < 4.78 is 13.7. The van der Waals surface area contributed by atoms with Gasteiger partial charge in [0.1, 0.15) is 10.2 Å². The molecule has 1 amide bonds. The van der Waals surface area contributed by atoms with Crippen LogP contribution in [0.3, 0.4) is 0 Å². The van der Waals surface area contributed by atoms with Gasteiger partial charge in [-0.1, -0.05) is 41.7 Å². The first-order valence-electron chi connectivity index (χ1n) is 6.68. The number of rotatable bonds is 3. The molecule has 22 heavy (non-hydrogen) atoms. The fourth-order valence-electron chi connectivity index (χ4n) is 1.94. The van der Waals surface area contributed by atoms with Crippen molar-refractivity contribution >= 4 is 45.2 Å². The third-order valence-corrected chi connectivity index (χ3v) is 5.25. The molecule has 0 unspecified atom stereocenters. The summed E-state index contributed by atoms with van der Waals surface area (Å²) in [6.45, 7) is 0. The van der Waals surface area contributed by atoms with Gasteiger partial charge in [0.15, 0.2) is 0 Å². The van der Waals surface area contributed by atoms with Crippen molar-refractivity contribution in [1.82, 2.24) is 0 Å². The van der Waals surface area contributed by atoms with Crippen LogP contribution in [-0.4, -0.2) is 16.0 Å². The Balaban J connectivity index is 1.55. The summed E-state index contributed by atoms with van der Waals surface area (Å²) in [6.07, 6.45) is 0. The van der Waals surface area contributed by atoms with Gasteiger partial charge < -0.3 is 5.32 Å². The zero-order valence-corrected chi connectivity index (χ0v) is 13.2. The minimum absolute atomic E-state index is 0.126. The molecule has 6 heteroatoms. The third-order valence-electron chi connectivity index (χ3n) is 3.01. The van der Waals surface area contributed by atoms with Gasteiger partial charge in [0.2, 0.25) is 5.91 Å². The van der Waals surface area contributed by atoms with Gasteiger partial charge in [0, 0.05) is 11.4 Å². The number of nitrogens with one attached hydrogen (secondary N) is 1. The van der Waals surface area contributed by atoms with Crippen molar-refractivity contribution in [3.05, 3.63) is 59.9 Å². The maximum absolute atomic E-state index is 12.8. The van der Waals surface area contributed by atoms with E-state index in [-0.39, 0.29) is 17.5 Å². The second-order valence-electron chi connectivity index (χ2n) is 4.64. The maximum atomic E-state index is 12.8. The first kappa shape index (κ1) is 15.1. The quantitative estimate of drug-likeness (QED) is 0.904. The van der Waals surface area contributed by atoms with Gasteiger partial charge >= 0.3 is 0 Å². The number of hydrogen-bond donors (Lipinski definition) is 1. The highest BCUT2D eigenvalue weighted by Gasteiger charge is 2.14. The molecule has 3 nitrogen and oxygen atoms in total. The van der Waals surface area contributed by atoms with E-state index in [0.29, 0.717) is 5.69 Å². The molecule has 3 rings (SSSR count). The molecule has 0 atom stereocenters. The smallest absolute Gasteiger partial charge is 0.234 e. The van der Waals surface area contributed by atoms with Gasteiger partial charge in [-0.05, 0) is 35.9 Å². The molecule has 0 saturated carbocycles. The van der Waals surface area contributed by atoms with Crippen LogP contribution in [0.4, 0.5) is 15.8 Å². The van der Waals surface area contributed by atoms with E-state index in [2.05, 4.69) is 16.4 Å². The molecule has 0 radical (unpaired) electrons. The fraction of sp³-hybridized carbons (Fsp3) is 0.125. The predicted octanol–water partition coefficient (Wildman–Crippen LogP) is 4.43. The molecule has 1 heterocycles. The lowest BCUT2D eigenvalue weighted by molar-refractivity contribution is -0.113. The van der Waals surface area contributed by atoms with Crippen LogP contribution in [0, 0.1) is 5.82 Å². The number of carbonyl (C=O) groups excluding carboxylic acids is 1. The Morgan fingerprint density at radius 3 is 2.82 bits per heavy atom. The lowest BCUT2D eigenvalue weighted by Gasteiger charge is -2.14. The fourth-order valence-corrected chi connectivity index (χ4v) is 3.81. The molecule has 0 aliphatic carbocycles. The van der Waals surface area contributed by atoms with Crippen molar-refractivity contribution in [3.63, 3.8) is 0 Å². The van der Waals surface area contributed by atoms with Crippen LogP contribution in [-0.2, 0) is 10.5 Å². The number of hydrogen-bond acceptors (Lipinski definition) is 4. The molecular weight excluding hydrogens is 319 g/mol. The van der Waals surface area contributed by atoms with E-state index in [9.17, 15) is 9.18 Å². The topological polar surface area (TPSA) is 41.5 Å². The number of aliphatic imine (C=N–C) groups is 1. The van der Waals surface area contributed by atoms with Crippen LogP contribution in [0.5, 0.6) is 0 Å². The Labute approximate surface area is 136 Å². The average molecular weight is 332 g/mol. The Kier molecular flexibility index (Phi) is 4.80. The van der Waals surface area contributed by atoms with E-state index in [1.807, 2.05) is 18.2 Å². The van der Waals surface area contributed by atoms with E-state index in [0.717, 1.165) is 15.8 Å². The molecular formula is C16H13FN2OS2. The summed E-state index contributed by atoms with van der Waals surface area (Å²) in [5.74, 6) is 0.713. The van der Waals surface area contributed by atoms with Crippen molar-refractivity contribution in [2.24, 2.45) is 4.99 Å². The lowest BCUT2D eigenvalue weighted by atomic mass is 10.2. The normalized spacial score (nSPS) is 13.2. The van der Waals surface area contributed by atoms with E-state index >= 15 is 0 Å². The van der Waals surface area contributed by atoms with Crippen molar-refractivity contribution in [3.8, 4) is 0 Å². The largest absolute Gasteiger partial charge is 0.325 e. The first-order valence-corrected chi connectivity index (χ1v) is 8.65. The maximum Gasteiger partial charge on any atom is 0.234 e. The molecule has 2 aromatic carbocycles. The summed E-state index contributed by atoms with van der Waals surface area (Å²) in [7, 11) is 0. The average Bonchev–Trinajstić information content (AvgIpc) is 2.55. The number of carbonyl (C=O) groups is 1. The molecule has 0 bridgehead atoms. The highest BCUT2D eigenvalue weighted by atomic mass is 32.2.